The molecular formula is C17H21N3O4S2. The third kappa shape index (κ3) is 3.96. The average molecular weight is 396 g/mol. The van der Waals surface area contributed by atoms with E-state index in [0.717, 1.165) is 15.3 Å². The zero-order chi connectivity index (χ0) is 18.9. The predicted octanol–water partition coefficient (Wildman–Crippen LogP) is 2.78. The highest BCUT2D eigenvalue weighted by molar-refractivity contribution is 7.89. The summed E-state index contributed by atoms with van der Waals surface area (Å²) in [5.41, 5.74) is 0.937. The molecule has 0 amide bonds. The third-order valence-corrected chi connectivity index (χ3v) is 7.59. The quantitative estimate of drug-likeness (QED) is 0.574. The van der Waals surface area contributed by atoms with Gasteiger partial charge in [0.25, 0.3) is 5.69 Å². The molecule has 140 valence electrons. The minimum absolute atomic E-state index is 0.0759. The maximum atomic E-state index is 12.8. The van der Waals surface area contributed by atoms with Crippen molar-refractivity contribution in [2.24, 2.45) is 0 Å². The molecule has 2 aromatic rings. The van der Waals surface area contributed by atoms with Gasteiger partial charge in [0.15, 0.2) is 0 Å². The Morgan fingerprint density at radius 1 is 1.15 bits per heavy atom. The number of nitro benzene ring substituents is 1. The van der Waals surface area contributed by atoms with Gasteiger partial charge in [-0.25, -0.2) is 8.42 Å². The summed E-state index contributed by atoms with van der Waals surface area (Å²) in [6, 6.07) is 8.31. The molecule has 1 aliphatic rings. The average Bonchev–Trinajstić information content (AvgIpc) is 2.95. The minimum atomic E-state index is -3.46. The molecule has 0 atom stereocenters. The Morgan fingerprint density at radius 3 is 2.42 bits per heavy atom. The van der Waals surface area contributed by atoms with Gasteiger partial charge in [0, 0.05) is 54.6 Å². The molecule has 0 saturated carbocycles. The largest absolute Gasteiger partial charge is 0.296 e. The summed E-state index contributed by atoms with van der Waals surface area (Å²) in [7, 11) is -3.46. The molecule has 3 rings (SSSR count). The molecule has 9 heteroatoms. The second kappa shape index (κ2) is 7.43. The Hall–Kier alpha value is -1.81. The van der Waals surface area contributed by atoms with Gasteiger partial charge in [0.05, 0.1) is 9.82 Å². The van der Waals surface area contributed by atoms with E-state index in [1.54, 1.807) is 18.2 Å². The van der Waals surface area contributed by atoms with Crippen molar-refractivity contribution in [1.29, 1.82) is 0 Å². The molecule has 1 aromatic heterocycles. The second-order valence-electron chi connectivity index (χ2n) is 6.38. The van der Waals surface area contributed by atoms with Crippen LogP contribution in [0.15, 0.2) is 35.2 Å². The standard InChI is InChI=1S/C17H21N3O4S2/c1-13-10-17(14(2)25-13)26(23,24)19-8-6-18(7-9-19)12-15-4-3-5-16(11-15)20(21)22/h3-5,10-11H,6-9,12H2,1-2H3. The Balaban J connectivity index is 1.65. The van der Waals surface area contributed by atoms with Crippen LogP contribution in [-0.2, 0) is 16.6 Å². The predicted molar refractivity (Wildman–Crippen MR) is 101 cm³/mol. The fraction of sp³-hybridized carbons (Fsp3) is 0.412. The molecule has 2 heterocycles. The van der Waals surface area contributed by atoms with Gasteiger partial charge in [-0.15, -0.1) is 11.3 Å². The number of rotatable bonds is 5. The van der Waals surface area contributed by atoms with Gasteiger partial charge in [-0.3, -0.25) is 15.0 Å². The third-order valence-electron chi connectivity index (χ3n) is 4.47. The fourth-order valence-electron chi connectivity index (χ4n) is 3.16. The molecule has 0 radical (unpaired) electrons. The molecule has 0 aliphatic carbocycles. The first kappa shape index (κ1) is 19.0. The van der Waals surface area contributed by atoms with Gasteiger partial charge < -0.3 is 0 Å². The van der Waals surface area contributed by atoms with Crippen molar-refractivity contribution in [2.75, 3.05) is 26.2 Å². The summed E-state index contributed by atoms with van der Waals surface area (Å²) < 4.78 is 27.2. The number of piperazine rings is 1. The Labute approximate surface area is 157 Å². The first-order valence-electron chi connectivity index (χ1n) is 8.30. The zero-order valence-electron chi connectivity index (χ0n) is 14.7. The van der Waals surface area contributed by atoms with Crippen molar-refractivity contribution in [3.8, 4) is 0 Å². The topological polar surface area (TPSA) is 83.8 Å². The van der Waals surface area contributed by atoms with Gasteiger partial charge in [0.1, 0.15) is 0 Å². The van der Waals surface area contributed by atoms with Crippen molar-refractivity contribution in [1.82, 2.24) is 9.21 Å². The Kier molecular flexibility index (Phi) is 5.42. The van der Waals surface area contributed by atoms with Gasteiger partial charge in [-0.1, -0.05) is 12.1 Å². The zero-order valence-corrected chi connectivity index (χ0v) is 16.3. The van der Waals surface area contributed by atoms with Crippen molar-refractivity contribution in [3.05, 3.63) is 55.8 Å². The highest BCUT2D eigenvalue weighted by Crippen LogP contribution is 2.28. The summed E-state index contributed by atoms with van der Waals surface area (Å²) in [6.07, 6.45) is 0. The van der Waals surface area contributed by atoms with Gasteiger partial charge in [0.2, 0.25) is 10.0 Å². The number of nitro groups is 1. The van der Waals surface area contributed by atoms with Crippen LogP contribution in [0, 0.1) is 24.0 Å². The SMILES string of the molecule is Cc1cc(S(=O)(=O)N2CCN(Cc3cccc([N+](=O)[O-])c3)CC2)c(C)s1. The van der Waals surface area contributed by atoms with Crippen LogP contribution >= 0.6 is 11.3 Å². The number of aryl methyl sites for hydroxylation is 2. The van der Waals surface area contributed by atoms with Crippen molar-refractivity contribution >= 4 is 27.0 Å². The first-order valence-corrected chi connectivity index (χ1v) is 10.6. The van der Waals surface area contributed by atoms with Crippen LogP contribution in [0.25, 0.3) is 0 Å². The number of hydrogen-bond acceptors (Lipinski definition) is 6. The van der Waals surface area contributed by atoms with Gasteiger partial charge >= 0.3 is 0 Å². The van der Waals surface area contributed by atoms with E-state index in [1.807, 2.05) is 19.9 Å². The second-order valence-corrected chi connectivity index (χ2v) is 9.75. The smallest absolute Gasteiger partial charge is 0.269 e. The molecule has 7 nitrogen and oxygen atoms in total. The van der Waals surface area contributed by atoms with Gasteiger partial charge in [-0.05, 0) is 25.5 Å². The number of benzene rings is 1. The van der Waals surface area contributed by atoms with E-state index < -0.39 is 14.9 Å². The Bertz CT molecular complexity index is 916. The molecule has 0 unspecified atom stereocenters. The summed E-state index contributed by atoms with van der Waals surface area (Å²) in [6.45, 7) is 6.37. The van der Waals surface area contributed by atoms with Crippen molar-refractivity contribution < 1.29 is 13.3 Å². The highest BCUT2D eigenvalue weighted by Gasteiger charge is 2.30. The number of non-ortho nitro benzene ring substituents is 1. The number of nitrogens with zero attached hydrogens (tertiary/aromatic N) is 3. The van der Waals surface area contributed by atoms with Crippen LogP contribution in [0.2, 0.25) is 0 Å². The van der Waals surface area contributed by atoms with E-state index in [4.69, 9.17) is 0 Å². The monoisotopic (exact) mass is 395 g/mol. The van der Waals surface area contributed by atoms with Crippen LogP contribution < -0.4 is 0 Å². The van der Waals surface area contributed by atoms with E-state index >= 15 is 0 Å². The van der Waals surface area contributed by atoms with E-state index in [-0.39, 0.29) is 5.69 Å². The summed E-state index contributed by atoms with van der Waals surface area (Å²) in [5, 5.41) is 10.9. The molecule has 1 fully saturated rings. The lowest BCUT2D eigenvalue weighted by Gasteiger charge is -2.33. The summed E-state index contributed by atoms with van der Waals surface area (Å²) in [4.78, 5) is 14.8. The minimum Gasteiger partial charge on any atom is -0.296 e. The van der Waals surface area contributed by atoms with Crippen LogP contribution in [0.4, 0.5) is 5.69 Å². The number of thiophene rings is 1. The maximum absolute atomic E-state index is 12.8. The number of sulfonamides is 1. The van der Waals surface area contributed by atoms with Crippen LogP contribution in [-0.4, -0.2) is 48.7 Å². The normalized spacial score (nSPS) is 16.7. The van der Waals surface area contributed by atoms with Crippen molar-refractivity contribution in [2.45, 2.75) is 25.3 Å². The number of hydrogen-bond donors (Lipinski definition) is 0. The lowest BCUT2D eigenvalue weighted by atomic mass is 10.2. The molecule has 26 heavy (non-hydrogen) atoms. The molecule has 0 spiro atoms. The van der Waals surface area contributed by atoms with E-state index in [0.29, 0.717) is 37.6 Å². The molecule has 1 aromatic carbocycles. The Morgan fingerprint density at radius 2 is 1.85 bits per heavy atom. The maximum Gasteiger partial charge on any atom is 0.269 e. The van der Waals surface area contributed by atoms with Crippen LogP contribution in [0.1, 0.15) is 15.3 Å². The lowest BCUT2D eigenvalue weighted by Crippen LogP contribution is -2.48. The molecule has 1 aliphatic heterocycles. The van der Waals surface area contributed by atoms with E-state index in [9.17, 15) is 18.5 Å². The van der Waals surface area contributed by atoms with Crippen LogP contribution in [0.3, 0.4) is 0 Å². The van der Waals surface area contributed by atoms with Crippen LogP contribution in [0.5, 0.6) is 0 Å². The van der Waals surface area contributed by atoms with E-state index in [2.05, 4.69) is 4.90 Å². The summed E-state index contributed by atoms with van der Waals surface area (Å²) in [5.74, 6) is 0. The van der Waals surface area contributed by atoms with Crippen molar-refractivity contribution in [3.63, 3.8) is 0 Å². The molecular weight excluding hydrogens is 374 g/mol. The van der Waals surface area contributed by atoms with Gasteiger partial charge in [-0.2, -0.15) is 4.31 Å². The lowest BCUT2D eigenvalue weighted by molar-refractivity contribution is -0.384. The molecule has 0 bridgehead atoms. The summed E-state index contributed by atoms with van der Waals surface area (Å²) >= 11 is 1.49. The first-order chi connectivity index (χ1) is 12.3. The fourth-order valence-corrected chi connectivity index (χ4v) is 6.10. The molecule has 1 saturated heterocycles. The molecule has 0 N–H and O–H groups in total. The highest BCUT2D eigenvalue weighted by atomic mass is 32.2. The van der Waals surface area contributed by atoms with E-state index in [1.165, 1.54) is 21.7 Å².